The van der Waals surface area contributed by atoms with E-state index in [9.17, 15) is 5.26 Å². The molecule has 0 aromatic carbocycles. The fraction of sp³-hybridized carbons (Fsp3) is 0.500. The van der Waals surface area contributed by atoms with Gasteiger partial charge in [0.2, 0.25) is 0 Å². The molecule has 0 bridgehead atoms. The zero-order chi connectivity index (χ0) is 10.2. The van der Waals surface area contributed by atoms with Gasteiger partial charge in [0.05, 0.1) is 11.5 Å². The average Bonchev–Trinajstić information content (AvgIpc) is 3.01. The summed E-state index contributed by atoms with van der Waals surface area (Å²) in [6, 6.07) is 6.45. The number of nitriles is 1. The summed E-state index contributed by atoms with van der Waals surface area (Å²) < 4.78 is 0. The van der Waals surface area contributed by atoms with Crippen molar-refractivity contribution in [2.75, 3.05) is 0 Å². The van der Waals surface area contributed by atoms with Crippen molar-refractivity contribution in [1.29, 1.82) is 5.26 Å². The number of rotatable bonds is 2. The Kier molecular flexibility index (Phi) is 2.03. The number of pyridine rings is 1. The monoisotopic (exact) mass is 186 g/mol. The molecule has 1 aliphatic rings. The molecule has 0 saturated heterocycles. The first-order chi connectivity index (χ1) is 6.66. The smallest absolute Gasteiger partial charge is 0.0837 e. The van der Waals surface area contributed by atoms with Gasteiger partial charge in [0.1, 0.15) is 0 Å². The third-order valence-corrected chi connectivity index (χ3v) is 3.14. The number of nitrogens with zero attached hydrogens (tertiary/aromatic N) is 2. The van der Waals surface area contributed by atoms with Gasteiger partial charge in [0.25, 0.3) is 0 Å². The fourth-order valence-corrected chi connectivity index (χ4v) is 1.83. The minimum absolute atomic E-state index is 0.319. The molecule has 1 aromatic rings. The highest BCUT2D eigenvalue weighted by Gasteiger charge is 2.43. The molecule has 1 aliphatic carbocycles. The predicted molar refractivity (Wildman–Crippen MR) is 54.7 cm³/mol. The van der Waals surface area contributed by atoms with Crippen LogP contribution >= 0.6 is 0 Å². The van der Waals surface area contributed by atoms with Gasteiger partial charge in [0.15, 0.2) is 0 Å². The SMILES string of the molecule is Cc1ccc(C(C)(C#N)C2CC2)cn1. The fourth-order valence-electron chi connectivity index (χ4n) is 1.83. The molecule has 1 saturated carbocycles. The van der Waals surface area contributed by atoms with Gasteiger partial charge in [-0.1, -0.05) is 6.07 Å². The standard InChI is InChI=1S/C12H14N2/c1-9-3-4-11(7-14-9)12(2,8-13)10-5-6-10/h3-4,7,10H,5-6H2,1-2H3. The Morgan fingerprint density at radius 1 is 1.50 bits per heavy atom. The summed E-state index contributed by atoms with van der Waals surface area (Å²) in [5, 5.41) is 9.24. The van der Waals surface area contributed by atoms with Crippen LogP contribution in [0.15, 0.2) is 18.3 Å². The lowest BCUT2D eigenvalue weighted by molar-refractivity contribution is 0.526. The maximum Gasteiger partial charge on any atom is 0.0837 e. The molecule has 0 radical (unpaired) electrons. The van der Waals surface area contributed by atoms with Gasteiger partial charge in [0, 0.05) is 11.9 Å². The summed E-state index contributed by atoms with van der Waals surface area (Å²) in [5.41, 5.74) is 1.75. The molecule has 1 heterocycles. The van der Waals surface area contributed by atoms with Crippen LogP contribution in [-0.2, 0) is 5.41 Å². The highest BCUT2D eigenvalue weighted by molar-refractivity contribution is 5.32. The van der Waals surface area contributed by atoms with Crippen LogP contribution in [0.25, 0.3) is 0 Å². The quantitative estimate of drug-likeness (QED) is 0.711. The lowest BCUT2D eigenvalue weighted by Crippen LogP contribution is -2.22. The zero-order valence-electron chi connectivity index (χ0n) is 8.62. The number of aromatic nitrogens is 1. The Morgan fingerprint density at radius 2 is 2.21 bits per heavy atom. The van der Waals surface area contributed by atoms with E-state index in [1.807, 2.05) is 32.2 Å². The molecular weight excluding hydrogens is 172 g/mol. The van der Waals surface area contributed by atoms with Gasteiger partial charge in [-0.3, -0.25) is 4.98 Å². The molecule has 0 N–H and O–H groups in total. The van der Waals surface area contributed by atoms with E-state index in [-0.39, 0.29) is 5.41 Å². The lowest BCUT2D eigenvalue weighted by Gasteiger charge is -2.20. The molecule has 2 nitrogen and oxygen atoms in total. The molecule has 0 aliphatic heterocycles. The number of hydrogen-bond acceptors (Lipinski definition) is 2. The second kappa shape index (κ2) is 3.09. The van der Waals surface area contributed by atoms with E-state index in [1.165, 1.54) is 12.8 Å². The Labute approximate surface area is 84.6 Å². The molecule has 0 spiro atoms. The Hall–Kier alpha value is -1.36. The molecule has 1 atom stereocenters. The normalized spacial score (nSPS) is 19.8. The van der Waals surface area contributed by atoms with E-state index in [2.05, 4.69) is 11.1 Å². The molecule has 0 amide bonds. The summed E-state index contributed by atoms with van der Waals surface area (Å²) in [5.74, 6) is 0.539. The average molecular weight is 186 g/mol. The molecule has 1 unspecified atom stereocenters. The van der Waals surface area contributed by atoms with E-state index in [0.29, 0.717) is 5.92 Å². The first kappa shape index (κ1) is 9.21. The second-order valence-electron chi connectivity index (χ2n) is 4.28. The Morgan fingerprint density at radius 3 is 2.64 bits per heavy atom. The Bertz CT molecular complexity index is 370. The maximum absolute atomic E-state index is 9.24. The van der Waals surface area contributed by atoms with Gasteiger partial charge in [-0.25, -0.2) is 0 Å². The molecule has 1 fully saturated rings. The van der Waals surface area contributed by atoms with Crippen molar-refractivity contribution in [2.24, 2.45) is 5.92 Å². The van der Waals surface area contributed by atoms with Gasteiger partial charge < -0.3 is 0 Å². The first-order valence-corrected chi connectivity index (χ1v) is 5.01. The van der Waals surface area contributed by atoms with Gasteiger partial charge in [-0.15, -0.1) is 0 Å². The van der Waals surface area contributed by atoms with Crippen molar-refractivity contribution in [2.45, 2.75) is 32.1 Å². The van der Waals surface area contributed by atoms with Crippen LogP contribution < -0.4 is 0 Å². The van der Waals surface area contributed by atoms with Crippen molar-refractivity contribution < 1.29 is 0 Å². The van der Waals surface area contributed by atoms with Crippen molar-refractivity contribution in [3.8, 4) is 6.07 Å². The van der Waals surface area contributed by atoms with Crippen molar-refractivity contribution in [3.63, 3.8) is 0 Å². The van der Waals surface area contributed by atoms with E-state index in [0.717, 1.165) is 11.3 Å². The minimum Gasteiger partial charge on any atom is -0.261 e. The van der Waals surface area contributed by atoms with Crippen LogP contribution in [0, 0.1) is 24.2 Å². The summed E-state index contributed by atoms with van der Waals surface area (Å²) in [6.07, 6.45) is 4.20. The highest BCUT2D eigenvalue weighted by Crippen LogP contribution is 2.46. The van der Waals surface area contributed by atoms with E-state index in [4.69, 9.17) is 0 Å². The van der Waals surface area contributed by atoms with Crippen LogP contribution in [0.1, 0.15) is 31.0 Å². The van der Waals surface area contributed by atoms with Gasteiger partial charge in [-0.05, 0) is 44.2 Å². The van der Waals surface area contributed by atoms with Crippen LogP contribution in [0.4, 0.5) is 0 Å². The highest BCUT2D eigenvalue weighted by atomic mass is 14.7. The zero-order valence-corrected chi connectivity index (χ0v) is 8.62. The van der Waals surface area contributed by atoms with Crippen LogP contribution in [0.5, 0.6) is 0 Å². The van der Waals surface area contributed by atoms with E-state index in [1.54, 1.807) is 0 Å². The van der Waals surface area contributed by atoms with Crippen LogP contribution in [-0.4, -0.2) is 4.98 Å². The number of aryl methyl sites for hydroxylation is 1. The summed E-state index contributed by atoms with van der Waals surface area (Å²) in [4.78, 5) is 4.25. The Balaban J connectivity index is 2.37. The van der Waals surface area contributed by atoms with Gasteiger partial charge in [-0.2, -0.15) is 5.26 Å². The van der Waals surface area contributed by atoms with E-state index < -0.39 is 0 Å². The molecular formula is C12H14N2. The minimum atomic E-state index is -0.319. The largest absolute Gasteiger partial charge is 0.261 e. The molecule has 1 aromatic heterocycles. The molecule has 14 heavy (non-hydrogen) atoms. The molecule has 72 valence electrons. The summed E-state index contributed by atoms with van der Waals surface area (Å²) in [6.45, 7) is 3.99. The van der Waals surface area contributed by atoms with E-state index >= 15 is 0 Å². The third kappa shape index (κ3) is 1.39. The summed E-state index contributed by atoms with van der Waals surface area (Å²) >= 11 is 0. The van der Waals surface area contributed by atoms with Crippen LogP contribution in [0.3, 0.4) is 0 Å². The number of hydrogen-bond donors (Lipinski definition) is 0. The predicted octanol–water partition coefficient (Wildman–Crippen LogP) is 2.58. The van der Waals surface area contributed by atoms with Crippen molar-refractivity contribution >= 4 is 0 Å². The van der Waals surface area contributed by atoms with Gasteiger partial charge >= 0.3 is 0 Å². The maximum atomic E-state index is 9.24. The van der Waals surface area contributed by atoms with Crippen molar-refractivity contribution in [1.82, 2.24) is 4.98 Å². The first-order valence-electron chi connectivity index (χ1n) is 5.01. The van der Waals surface area contributed by atoms with Crippen LogP contribution in [0.2, 0.25) is 0 Å². The molecule has 2 rings (SSSR count). The lowest BCUT2D eigenvalue weighted by atomic mass is 9.80. The second-order valence-corrected chi connectivity index (χ2v) is 4.28. The van der Waals surface area contributed by atoms with Crippen molar-refractivity contribution in [3.05, 3.63) is 29.6 Å². The third-order valence-electron chi connectivity index (χ3n) is 3.14. The topological polar surface area (TPSA) is 36.7 Å². The molecule has 2 heteroatoms. The summed E-state index contributed by atoms with van der Waals surface area (Å²) in [7, 11) is 0.